The van der Waals surface area contributed by atoms with E-state index in [-0.39, 0.29) is 0 Å². The Hall–Kier alpha value is -1.02. The summed E-state index contributed by atoms with van der Waals surface area (Å²) in [6, 6.07) is 9.32. The Bertz CT molecular complexity index is 362. The van der Waals surface area contributed by atoms with E-state index in [0.717, 1.165) is 5.92 Å². The molecule has 17 heavy (non-hydrogen) atoms. The highest BCUT2D eigenvalue weighted by Gasteiger charge is 2.22. The average molecular weight is 232 g/mol. The van der Waals surface area contributed by atoms with Crippen LogP contribution >= 0.6 is 0 Å². The Balaban J connectivity index is 2.09. The number of hydrogen-bond acceptors (Lipinski definition) is 2. The first kappa shape index (κ1) is 12.4. The van der Waals surface area contributed by atoms with Crippen LogP contribution in [0.25, 0.3) is 0 Å². The second-order valence-electron chi connectivity index (χ2n) is 5.41. The Labute approximate surface area is 105 Å². The fourth-order valence-electron chi connectivity index (χ4n) is 2.87. The molecule has 94 valence electrons. The largest absolute Gasteiger partial charge is 0.372 e. The van der Waals surface area contributed by atoms with Gasteiger partial charge in [-0.15, -0.1) is 0 Å². The van der Waals surface area contributed by atoms with Gasteiger partial charge in [-0.3, -0.25) is 0 Å². The topological polar surface area (TPSA) is 29.3 Å². The predicted molar refractivity (Wildman–Crippen MR) is 74.2 cm³/mol. The quantitative estimate of drug-likeness (QED) is 0.867. The minimum Gasteiger partial charge on any atom is -0.372 e. The summed E-state index contributed by atoms with van der Waals surface area (Å²) in [5.74, 6) is 0.869. The monoisotopic (exact) mass is 232 g/mol. The van der Waals surface area contributed by atoms with Crippen molar-refractivity contribution in [3.05, 3.63) is 29.8 Å². The molecule has 2 N–H and O–H groups in total. The molecule has 1 aromatic carbocycles. The molecule has 0 bridgehead atoms. The Morgan fingerprint density at radius 2 is 2.18 bits per heavy atom. The number of nitrogens with two attached hydrogens (primary N) is 1. The zero-order valence-corrected chi connectivity index (χ0v) is 11.0. The predicted octanol–water partition coefficient (Wildman–Crippen LogP) is 3.16. The fraction of sp³-hybridized carbons (Fsp3) is 0.600. The molecular weight excluding hydrogens is 208 g/mol. The molecule has 2 unspecified atom stereocenters. The number of hydrogen-bond donors (Lipinski definition) is 1. The van der Waals surface area contributed by atoms with Crippen molar-refractivity contribution in [2.75, 3.05) is 11.9 Å². The third-order valence-corrected chi connectivity index (χ3v) is 4.01. The summed E-state index contributed by atoms with van der Waals surface area (Å²) in [6.45, 7) is 3.00. The van der Waals surface area contributed by atoms with E-state index in [1.807, 2.05) is 0 Å². The highest BCUT2D eigenvalue weighted by Crippen LogP contribution is 2.29. The summed E-state index contributed by atoms with van der Waals surface area (Å²) in [7, 11) is 2.22. The zero-order chi connectivity index (χ0) is 12.3. The van der Waals surface area contributed by atoms with Gasteiger partial charge in [0.2, 0.25) is 0 Å². The van der Waals surface area contributed by atoms with Crippen LogP contribution in [-0.4, -0.2) is 13.1 Å². The molecule has 1 aliphatic carbocycles. The summed E-state index contributed by atoms with van der Waals surface area (Å²) in [4.78, 5) is 2.44. The Morgan fingerprint density at radius 3 is 2.88 bits per heavy atom. The van der Waals surface area contributed by atoms with E-state index in [1.54, 1.807) is 0 Å². The molecule has 0 spiro atoms. The summed E-state index contributed by atoms with van der Waals surface area (Å²) >= 11 is 0. The van der Waals surface area contributed by atoms with Crippen molar-refractivity contribution in [3.63, 3.8) is 0 Å². The van der Waals surface area contributed by atoms with Gasteiger partial charge < -0.3 is 10.6 Å². The van der Waals surface area contributed by atoms with Crippen molar-refractivity contribution < 1.29 is 0 Å². The van der Waals surface area contributed by atoms with Gasteiger partial charge in [-0.1, -0.05) is 31.9 Å². The maximum absolute atomic E-state index is 5.70. The molecule has 2 rings (SSSR count). The molecule has 0 aliphatic heterocycles. The van der Waals surface area contributed by atoms with Crippen LogP contribution in [0.5, 0.6) is 0 Å². The van der Waals surface area contributed by atoms with Crippen molar-refractivity contribution >= 4 is 5.69 Å². The van der Waals surface area contributed by atoms with Crippen molar-refractivity contribution in [3.8, 4) is 0 Å². The van der Waals surface area contributed by atoms with Gasteiger partial charge in [0.1, 0.15) is 0 Å². The van der Waals surface area contributed by atoms with E-state index in [9.17, 15) is 0 Å². The first-order valence-electron chi connectivity index (χ1n) is 6.72. The first-order valence-corrected chi connectivity index (χ1v) is 6.72. The molecule has 1 aliphatic rings. The molecule has 0 radical (unpaired) electrons. The first-order chi connectivity index (χ1) is 8.20. The van der Waals surface area contributed by atoms with Crippen LogP contribution in [0, 0.1) is 5.92 Å². The third-order valence-electron chi connectivity index (χ3n) is 4.01. The second-order valence-corrected chi connectivity index (χ2v) is 5.41. The third kappa shape index (κ3) is 3.01. The average Bonchev–Trinajstić information content (AvgIpc) is 2.38. The normalized spacial score (nSPS) is 24.6. The zero-order valence-electron chi connectivity index (χ0n) is 11.0. The van der Waals surface area contributed by atoms with E-state index >= 15 is 0 Å². The SMILES string of the molecule is CC1CCCC(N(C)c2cccc(CN)c2)C1. The van der Waals surface area contributed by atoms with Crippen LogP contribution < -0.4 is 10.6 Å². The van der Waals surface area contributed by atoms with Crippen molar-refractivity contribution in [2.45, 2.75) is 45.2 Å². The molecule has 0 heterocycles. The van der Waals surface area contributed by atoms with Gasteiger partial charge in [0, 0.05) is 25.3 Å². The lowest BCUT2D eigenvalue weighted by Gasteiger charge is -2.35. The van der Waals surface area contributed by atoms with E-state index in [4.69, 9.17) is 5.73 Å². The van der Waals surface area contributed by atoms with Crippen molar-refractivity contribution in [2.24, 2.45) is 11.7 Å². The molecule has 0 amide bonds. The minimum absolute atomic E-state index is 0.628. The van der Waals surface area contributed by atoms with Gasteiger partial charge in [0.05, 0.1) is 0 Å². The summed E-state index contributed by atoms with van der Waals surface area (Å²) in [6.07, 6.45) is 5.41. The van der Waals surface area contributed by atoms with Gasteiger partial charge in [-0.25, -0.2) is 0 Å². The molecule has 2 nitrogen and oxygen atoms in total. The van der Waals surface area contributed by atoms with Crippen LogP contribution in [0.15, 0.2) is 24.3 Å². The van der Waals surface area contributed by atoms with Gasteiger partial charge in [0.25, 0.3) is 0 Å². The number of anilines is 1. The maximum atomic E-state index is 5.70. The van der Waals surface area contributed by atoms with Gasteiger partial charge in [-0.05, 0) is 36.5 Å². The summed E-state index contributed by atoms with van der Waals surface area (Å²) < 4.78 is 0. The lowest BCUT2D eigenvalue weighted by atomic mass is 9.86. The van der Waals surface area contributed by atoms with Crippen LogP contribution in [0.4, 0.5) is 5.69 Å². The van der Waals surface area contributed by atoms with Gasteiger partial charge >= 0.3 is 0 Å². The van der Waals surface area contributed by atoms with E-state index < -0.39 is 0 Å². The highest BCUT2D eigenvalue weighted by molar-refractivity contribution is 5.48. The maximum Gasteiger partial charge on any atom is 0.0369 e. The minimum atomic E-state index is 0.628. The lowest BCUT2D eigenvalue weighted by Crippen LogP contribution is -2.35. The fourth-order valence-corrected chi connectivity index (χ4v) is 2.87. The standard InChI is InChI=1S/C15H24N2/c1-12-5-3-7-14(9-12)17(2)15-8-4-6-13(10-15)11-16/h4,6,8,10,12,14H,3,5,7,9,11,16H2,1-2H3. The van der Waals surface area contributed by atoms with Crippen LogP contribution in [-0.2, 0) is 6.54 Å². The van der Waals surface area contributed by atoms with Crippen molar-refractivity contribution in [1.29, 1.82) is 0 Å². The molecule has 2 atom stereocenters. The molecule has 0 saturated heterocycles. The smallest absolute Gasteiger partial charge is 0.0369 e. The van der Waals surface area contributed by atoms with E-state index in [0.29, 0.717) is 12.6 Å². The lowest BCUT2D eigenvalue weighted by molar-refractivity contribution is 0.336. The van der Waals surface area contributed by atoms with Crippen LogP contribution in [0.3, 0.4) is 0 Å². The van der Waals surface area contributed by atoms with Crippen molar-refractivity contribution in [1.82, 2.24) is 0 Å². The summed E-state index contributed by atoms with van der Waals surface area (Å²) in [5, 5.41) is 0. The van der Waals surface area contributed by atoms with E-state index in [1.165, 1.54) is 36.9 Å². The number of benzene rings is 1. The molecule has 1 saturated carbocycles. The molecular formula is C15H24N2. The number of nitrogens with zero attached hydrogens (tertiary/aromatic N) is 1. The van der Waals surface area contributed by atoms with Gasteiger partial charge in [-0.2, -0.15) is 0 Å². The molecule has 2 heteroatoms. The highest BCUT2D eigenvalue weighted by atomic mass is 15.1. The Kier molecular flexibility index (Phi) is 4.06. The summed E-state index contributed by atoms with van der Waals surface area (Å²) in [5.41, 5.74) is 8.23. The molecule has 1 fully saturated rings. The molecule has 0 aromatic heterocycles. The second kappa shape index (κ2) is 5.54. The van der Waals surface area contributed by atoms with E-state index in [2.05, 4.69) is 43.1 Å². The van der Waals surface area contributed by atoms with Crippen LogP contribution in [0.1, 0.15) is 38.2 Å². The van der Waals surface area contributed by atoms with Gasteiger partial charge in [0.15, 0.2) is 0 Å². The molecule has 1 aromatic rings. The Morgan fingerprint density at radius 1 is 1.35 bits per heavy atom. The van der Waals surface area contributed by atoms with Crippen LogP contribution in [0.2, 0.25) is 0 Å². The number of rotatable bonds is 3.